The fourth-order valence-corrected chi connectivity index (χ4v) is 2.69. The Kier molecular flexibility index (Phi) is 4.10. The van der Waals surface area contributed by atoms with Gasteiger partial charge in [-0.1, -0.05) is 0 Å². The Morgan fingerprint density at radius 3 is 2.44 bits per heavy atom. The maximum atomic E-state index is 14.1. The third-order valence-corrected chi connectivity index (χ3v) is 3.78. The highest BCUT2D eigenvalue weighted by atomic mass is 19.1. The number of ether oxygens (including phenoxy) is 1. The van der Waals surface area contributed by atoms with Gasteiger partial charge in [-0.3, -0.25) is 24.3 Å². The van der Waals surface area contributed by atoms with Gasteiger partial charge in [-0.25, -0.2) is 9.18 Å². The molecule has 0 saturated heterocycles. The van der Waals surface area contributed by atoms with Crippen molar-refractivity contribution in [2.24, 2.45) is 0 Å². The highest BCUT2D eigenvalue weighted by molar-refractivity contribution is 6.23. The molecule has 0 radical (unpaired) electrons. The molecule has 3 rings (SSSR count). The summed E-state index contributed by atoms with van der Waals surface area (Å²) in [7, 11) is 0. The molecular formula is C18H16FN3O5. The number of fused-ring (bicyclic) bond motifs is 1. The average Bonchev–Trinajstić information content (AvgIpc) is 2.81. The van der Waals surface area contributed by atoms with E-state index in [0.29, 0.717) is 0 Å². The number of hydrogen-bond donors (Lipinski definition) is 2. The van der Waals surface area contributed by atoms with Crippen LogP contribution in [0.5, 0.6) is 0 Å². The Hall–Kier alpha value is -3.49. The molecule has 8 nitrogen and oxygen atoms in total. The Bertz CT molecular complexity index is 1070. The number of nitrogens with zero attached hydrogens (tertiary/aromatic N) is 1. The molecule has 1 aliphatic rings. The Labute approximate surface area is 152 Å². The van der Waals surface area contributed by atoms with Crippen LogP contribution in [0, 0.1) is 5.82 Å². The number of benzene rings is 1. The fraction of sp³-hybridized carbons (Fsp3) is 0.222. The molecule has 9 heteroatoms. The second-order valence-corrected chi connectivity index (χ2v) is 6.94. The number of nitrogens with two attached hydrogens (primary N) is 1. The minimum Gasteiger partial charge on any atom is -0.456 e. The first-order chi connectivity index (χ1) is 12.5. The molecule has 3 N–H and O–H groups in total. The third-order valence-electron chi connectivity index (χ3n) is 3.78. The van der Waals surface area contributed by atoms with Gasteiger partial charge in [-0.2, -0.15) is 0 Å². The number of nitrogen functional groups attached to an aromatic ring is 1. The molecule has 0 saturated carbocycles. The van der Waals surface area contributed by atoms with Crippen molar-refractivity contribution in [2.45, 2.75) is 26.4 Å². The lowest BCUT2D eigenvalue weighted by atomic mass is 10.1. The van der Waals surface area contributed by atoms with E-state index in [9.17, 15) is 23.6 Å². The quantitative estimate of drug-likeness (QED) is 0.606. The number of carbonyl (C=O) groups is 3. The van der Waals surface area contributed by atoms with Gasteiger partial charge >= 0.3 is 5.97 Å². The summed E-state index contributed by atoms with van der Waals surface area (Å²) in [5.41, 5.74) is 3.75. The van der Waals surface area contributed by atoms with Gasteiger partial charge in [0.1, 0.15) is 17.2 Å². The van der Waals surface area contributed by atoms with Gasteiger partial charge in [0, 0.05) is 6.07 Å². The van der Waals surface area contributed by atoms with E-state index in [4.69, 9.17) is 10.5 Å². The minimum atomic E-state index is -0.914. The van der Waals surface area contributed by atoms with Crippen LogP contribution < -0.4 is 16.6 Å². The Morgan fingerprint density at radius 1 is 1.15 bits per heavy atom. The molecule has 2 amide bonds. The number of carbonyl (C=O) groups excluding carboxylic acids is 3. The summed E-state index contributed by atoms with van der Waals surface area (Å²) < 4.78 is 20.2. The van der Waals surface area contributed by atoms with E-state index in [-0.39, 0.29) is 22.6 Å². The second-order valence-electron chi connectivity index (χ2n) is 6.94. The largest absolute Gasteiger partial charge is 0.456 e. The maximum Gasteiger partial charge on any atom is 0.341 e. The van der Waals surface area contributed by atoms with Crippen LogP contribution in [0.2, 0.25) is 0 Å². The SMILES string of the molecule is CC(C)(C)OC(=O)c1cc(-n2c(N)c3c(cc2=O)C(=O)NC3=O)ccc1F. The molecule has 0 fully saturated rings. The summed E-state index contributed by atoms with van der Waals surface area (Å²) in [6.45, 7) is 4.89. The van der Waals surface area contributed by atoms with Crippen LogP contribution >= 0.6 is 0 Å². The van der Waals surface area contributed by atoms with Crippen LogP contribution in [0.25, 0.3) is 5.69 Å². The van der Waals surface area contributed by atoms with Gasteiger partial charge in [0.25, 0.3) is 17.4 Å². The number of rotatable bonds is 2. The summed E-state index contributed by atoms with van der Waals surface area (Å²) in [4.78, 5) is 48.3. The Morgan fingerprint density at radius 2 is 1.81 bits per heavy atom. The number of esters is 1. The molecule has 0 atom stereocenters. The van der Waals surface area contributed by atoms with Crippen LogP contribution in [-0.4, -0.2) is 28.0 Å². The predicted octanol–water partition coefficient (Wildman–Crippen LogP) is 1.40. The van der Waals surface area contributed by atoms with E-state index in [2.05, 4.69) is 0 Å². The number of halogens is 1. The maximum absolute atomic E-state index is 14.1. The summed E-state index contributed by atoms with van der Waals surface area (Å²) in [5, 5.41) is 2.05. The lowest BCUT2D eigenvalue weighted by Crippen LogP contribution is -2.26. The molecule has 27 heavy (non-hydrogen) atoms. The number of nitrogens with one attached hydrogen (secondary N) is 1. The van der Waals surface area contributed by atoms with Crippen LogP contribution in [-0.2, 0) is 4.74 Å². The van der Waals surface area contributed by atoms with Crippen molar-refractivity contribution in [1.82, 2.24) is 9.88 Å². The number of hydrogen-bond acceptors (Lipinski definition) is 6. The van der Waals surface area contributed by atoms with Crippen molar-refractivity contribution in [1.29, 1.82) is 0 Å². The van der Waals surface area contributed by atoms with Gasteiger partial charge in [0.05, 0.1) is 22.4 Å². The van der Waals surface area contributed by atoms with Crippen LogP contribution in [0.3, 0.4) is 0 Å². The van der Waals surface area contributed by atoms with Crippen molar-refractivity contribution < 1.29 is 23.5 Å². The third kappa shape index (κ3) is 3.19. The number of anilines is 1. The van der Waals surface area contributed by atoms with E-state index in [1.54, 1.807) is 20.8 Å². The summed E-state index contributed by atoms with van der Waals surface area (Å²) in [5.74, 6) is -3.51. The molecule has 1 aromatic heterocycles. The second kappa shape index (κ2) is 6.04. The number of pyridine rings is 1. The zero-order chi connectivity index (χ0) is 20.1. The molecule has 0 aliphatic carbocycles. The van der Waals surface area contributed by atoms with Gasteiger partial charge in [0.15, 0.2) is 0 Å². The van der Waals surface area contributed by atoms with Gasteiger partial charge in [-0.05, 0) is 39.0 Å². The molecule has 0 unspecified atom stereocenters. The smallest absolute Gasteiger partial charge is 0.341 e. The predicted molar refractivity (Wildman–Crippen MR) is 93.4 cm³/mol. The first-order valence-electron chi connectivity index (χ1n) is 7.94. The topological polar surface area (TPSA) is 120 Å². The standard InChI is InChI=1S/C18H16FN3O5/c1-18(2,3)27-17(26)9-6-8(4-5-11(9)19)22-12(23)7-10-13(14(22)20)16(25)21-15(10)24/h4-7H,20H2,1-3H3,(H,21,24,25). The van der Waals surface area contributed by atoms with Gasteiger partial charge < -0.3 is 10.5 Å². The molecule has 1 aromatic carbocycles. The first-order valence-corrected chi connectivity index (χ1v) is 7.94. The summed E-state index contributed by atoms with van der Waals surface area (Å²) in [6, 6.07) is 4.27. The summed E-state index contributed by atoms with van der Waals surface area (Å²) >= 11 is 0. The van der Waals surface area contributed by atoms with E-state index in [1.807, 2.05) is 5.32 Å². The number of imide groups is 1. The van der Waals surface area contributed by atoms with Crippen molar-refractivity contribution in [3.05, 3.63) is 57.1 Å². The van der Waals surface area contributed by atoms with E-state index in [0.717, 1.165) is 22.8 Å². The molecule has 140 valence electrons. The lowest BCUT2D eigenvalue weighted by molar-refractivity contribution is 0.00644. The van der Waals surface area contributed by atoms with Crippen molar-refractivity contribution in [3.8, 4) is 5.69 Å². The van der Waals surface area contributed by atoms with Gasteiger partial charge in [-0.15, -0.1) is 0 Å². The van der Waals surface area contributed by atoms with E-state index < -0.39 is 40.3 Å². The summed E-state index contributed by atoms with van der Waals surface area (Å²) in [6.07, 6.45) is 0. The Balaban J connectivity index is 2.17. The lowest BCUT2D eigenvalue weighted by Gasteiger charge is -2.20. The molecule has 0 bridgehead atoms. The fourth-order valence-electron chi connectivity index (χ4n) is 2.69. The van der Waals surface area contributed by atoms with Crippen LogP contribution in [0.15, 0.2) is 29.1 Å². The molecular weight excluding hydrogens is 357 g/mol. The minimum absolute atomic E-state index is 0.0507. The normalized spacial score (nSPS) is 13.3. The average molecular weight is 373 g/mol. The van der Waals surface area contributed by atoms with Crippen molar-refractivity contribution >= 4 is 23.6 Å². The monoisotopic (exact) mass is 373 g/mol. The van der Waals surface area contributed by atoms with Gasteiger partial charge in [0.2, 0.25) is 0 Å². The molecule has 2 aromatic rings. The highest BCUT2D eigenvalue weighted by Gasteiger charge is 2.32. The number of amides is 2. The van der Waals surface area contributed by atoms with Crippen molar-refractivity contribution in [2.75, 3.05) is 5.73 Å². The zero-order valence-electron chi connectivity index (χ0n) is 14.8. The molecule has 1 aliphatic heterocycles. The highest BCUT2D eigenvalue weighted by Crippen LogP contribution is 2.24. The molecule has 2 heterocycles. The van der Waals surface area contributed by atoms with Crippen LogP contribution in [0.4, 0.5) is 10.2 Å². The first kappa shape index (κ1) is 18.3. The number of aromatic nitrogens is 1. The van der Waals surface area contributed by atoms with E-state index >= 15 is 0 Å². The van der Waals surface area contributed by atoms with E-state index in [1.165, 1.54) is 6.07 Å². The van der Waals surface area contributed by atoms with Crippen LogP contribution in [0.1, 0.15) is 51.8 Å². The zero-order valence-corrected chi connectivity index (χ0v) is 14.8. The van der Waals surface area contributed by atoms with Crippen molar-refractivity contribution in [3.63, 3.8) is 0 Å². The molecule has 0 spiro atoms.